The fraction of sp³-hybridized carbons (Fsp3) is 0.360. The second-order valence-electron chi connectivity index (χ2n) is 7.24. The lowest BCUT2D eigenvalue weighted by Crippen LogP contribution is -2.26. The van der Waals surface area contributed by atoms with Gasteiger partial charge in [0.1, 0.15) is 6.10 Å². The summed E-state index contributed by atoms with van der Waals surface area (Å²) in [6, 6.07) is 16.2. The van der Waals surface area contributed by atoms with Crippen LogP contribution in [0.2, 0.25) is 0 Å². The Morgan fingerprint density at radius 1 is 1.07 bits per heavy atom. The van der Waals surface area contributed by atoms with E-state index < -0.39 is 0 Å². The molecule has 5 nitrogen and oxygen atoms in total. The number of anilines is 1. The molecule has 1 atom stereocenters. The van der Waals surface area contributed by atoms with Crippen molar-refractivity contribution < 1.29 is 11.3 Å². The van der Waals surface area contributed by atoms with Crippen LogP contribution in [0.15, 0.2) is 54.7 Å². The highest BCUT2D eigenvalue weighted by Crippen LogP contribution is 2.29. The molecule has 1 N–H and O–H groups in total. The maximum atomic E-state index is 9.93. The first-order valence-corrected chi connectivity index (χ1v) is 10.7. The Hall–Kier alpha value is -2.92. The second kappa shape index (κ2) is 10.2. The summed E-state index contributed by atoms with van der Waals surface area (Å²) in [5.41, 5.74) is 5.88. The third kappa shape index (κ3) is 4.79. The second-order valence-corrected chi connectivity index (χ2v) is 7.24. The van der Waals surface area contributed by atoms with Crippen molar-refractivity contribution in [1.82, 2.24) is 9.97 Å². The lowest BCUT2D eigenvalue weighted by Gasteiger charge is -2.22. The van der Waals surface area contributed by atoms with Gasteiger partial charge in [0.2, 0.25) is 5.88 Å². The average molecular weight is 408 g/mol. The number of aliphatic hydroxyl groups is 1. The van der Waals surface area contributed by atoms with E-state index in [4.69, 9.17) is 9.72 Å². The largest absolute Gasteiger partial charge is 0.472 e. The Balaban J connectivity index is 0.00000111. The van der Waals surface area contributed by atoms with Crippen LogP contribution in [0.3, 0.4) is 0 Å². The van der Waals surface area contributed by atoms with Crippen molar-refractivity contribution in [2.24, 2.45) is 0 Å². The molecule has 3 heterocycles. The molecule has 0 radical (unpaired) electrons. The molecule has 5 heteroatoms. The molecule has 160 valence electrons. The number of hydrogen-bond acceptors (Lipinski definition) is 5. The molecule has 0 saturated carbocycles. The van der Waals surface area contributed by atoms with Crippen molar-refractivity contribution >= 4 is 5.69 Å². The minimum absolute atomic E-state index is 0. The van der Waals surface area contributed by atoms with Crippen LogP contribution in [-0.4, -0.2) is 34.3 Å². The van der Waals surface area contributed by atoms with Crippen LogP contribution in [0.4, 0.5) is 5.69 Å². The number of aryl methyl sites for hydroxylation is 2. The van der Waals surface area contributed by atoms with Gasteiger partial charge in [0.15, 0.2) is 0 Å². The molecular weight excluding hydrogens is 374 g/mol. The Morgan fingerprint density at radius 3 is 2.57 bits per heavy atom. The van der Waals surface area contributed by atoms with Crippen molar-refractivity contribution in [3.8, 4) is 17.1 Å². The van der Waals surface area contributed by atoms with Crippen LogP contribution in [0.25, 0.3) is 11.3 Å². The maximum Gasteiger partial charge on any atom is 0.216 e. The molecule has 1 aliphatic heterocycles. The Labute approximate surface area is 180 Å². The zero-order valence-electron chi connectivity index (χ0n) is 18.3. The van der Waals surface area contributed by atoms with Crippen LogP contribution in [-0.2, 0) is 6.61 Å². The number of aromatic nitrogens is 2. The fourth-order valence-corrected chi connectivity index (χ4v) is 3.70. The van der Waals surface area contributed by atoms with Crippen LogP contribution in [0.5, 0.6) is 5.88 Å². The summed E-state index contributed by atoms with van der Waals surface area (Å²) < 4.78 is 6.10. The number of ether oxygens (including phenoxy) is 1. The molecule has 0 spiro atoms. The molecule has 4 rings (SSSR count). The highest BCUT2D eigenvalue weighted by molar-refractivity contribution is 5.66. The fourth-order valence-electron chi connectivity index (χ4n) is 3.70. The van der Waals surface area contributed by atoms with Gasteiger partial charge in [-0.3, -0.25) is 0 Å². The van der Waals surface area contributed by atoms with Crippen LogP contribution in [0.1, 0.15) is 38.5 Å². The molecule has 2 aromatic heterocycles. The van der Waals surface area contributed by atoms with E-state index in [0.29, 0.717) is 11.6 Å². The third-order valence-corrected chi connectivity index (χ3v) is 5.25. The lowest BCUT2D eigenvalue weighted by atomic mass is 10.0. The summed E-state index contributed by atoms with van der Waals surface area (Å²) >= 11 is 0. The summed E-state index contributed by atoms with van der Waals surface area (Å²) in [7, 11) is 0. The number of nitrogens with zero attached hydrogens (tertiary/aromatic N) is 3. The predicted octanol–water partition coefficient (Wildman–Crippen LogP) is 5.18. The van der Waals surface area contributed by atoms with Gasteiger partial charge in [0, 0.05) is 31.7 Å². The number of hydrogen-bond donors (Lipinski definition) is 1. The van der Waals surface area contributed by atoms with Crippen molar-refractivity contribution in [2.45, 2.75) is 46.8 Å². The SMILES string of the molecule is CC.Cc1ccccc1-c1ccc(N2CC[C@H](Oc3ncccc3C)C2)c(CO)n1.[HH]. The molecule has 0 aliphatic carbocycles. The van der Waals surface area contributed by atoms with E-state index in [2.05, 4.69) is 35.0 Å². The van der Waals surface area contributed by atoms with Gasteiger partial charge in [0.05, 0.1) is 30.2 Å². The average Bonchev–Trinajstić information content (AvgIpc) is 3.25. The van der Waals surface area contributed by atoms with Gasteiger partial charge in [-0.25, -0.2) is 9.97 Å². The molecule has 0 amide bonds. The van der Waals surface area contributed by atoms with E-state index in [-0.39, 0.29) is 14.1 Å². The first-order valence-electron chi connectivity index (χ1n) is 10.7. The molecule has 3 aromatic rings. The highest BCUT2D eigenvalue weighted by Gasteiger charge is 2.27. The quantitative estimate of drug-likeness (QED) is 0.631. The van der Waals surface area contributed by atoms with Crippen LogP contribution >= 0.6 is 0 Å². The normalized spacial score (nSPS) is 15.5. The smallest absolute Gasteiger partial charge is 0.216 e. The van der Waals surface area contributed by atoms with Crippen LogP contribution < -0.4 is 9.64 Å². The van der Waals surface area contributed by atoms with Crippen molar-refractivity contribution in [3.63, 3.8) is 0 Å². The van der Waals surface area contributed by atoms with Crippen molar-refractivity contribution in [1.29, 1.82) is 0 Å². The molecular formula is C25H33N3O2. The van der Waals surface area contributed by atoms with E-state index >= 15 is 0 Å². The lowest BCUT2D eigenvalue weighted by molar-refractivity contribution is 0.214. The minimum Gasteiger partial charge on any atom is -0.472 e. The summed E-state index contributed by atoms with van der Waals surface area (Å²) in [5, 5.41) is 9.93. The molecule has 1 fully saturated rings. The minimum atomic E-state index is -0.0869. The van der Waals surface area contributed by atoms with Gasteiger partial charge < -0.3 is 14.7 Å². The molecule has 1 aliphatic rings. The molecule has 0 unspecified atom stereocenters. The van der Waals surface area contributed by atoms with E-state index in [1.807, 2.05) is 51.1 Å². The zero-order chi connectivity index (χ0) is 21.5. The van der Waals surface area contributed by atoms with E-state index in [0.717, 1.165) is 42.0 Å². The van der Waals surface area contributed by atoms with Gasteiger partial charge >= 0.3 is 0 Å². The van der Waals surface area contributed by atoms with Gasteiger partial charge in [-0.2, -0.15) is 0 Å². The maximum absolute atomic E-state index is 9.93. The summed E-state index contributed by atoms with van der Waals surface area (Å²) in [6.07, 6.45) is 2.75. The number of rotatable bonds is 5. The van der Waals surface area contributed by atoms with Crippen molar-refractivity contribution in [2.75, 3.05) is 18.0 Å². The number of aliphatic hydroxyl groups excluding tert-OH is 1. The topological polar surface area (TPSA) is 58.5 Å². The van der Waals surface area contributed by atoms with Gasteiger partial charge in [-0.05, 0) is 37.6 Å². The van der Waals surface area contributed by atoms with E-state index in [1.165, 1.54) is 5.56 Å². The number of benzene rings is 1. The Kier molecular flexibility index (Phi) is 7.41. The molecule has 0 bridgehead atoms. The van der Waals surface area contributed by atoms with E-state index in [9.17, 15) is 5.11 Å². The highest BCUT2D eigenvalue weighted by atomic mass is 16.5. The summed E-state index contributed by atoms with van der Waals surface area (Å²) in [6.45, 7) is 9.62. The number of pyridine rings is 2. The Morgan fingerprint density at radius 2 is 1.83 bits per heavy atom. The Bertz CT molecular complexity index is 980. The van der Waals surface area contributed by atoms with Crippen molar-refractivity contribution in [3.05, 3.63) is 71.5 Å². The molecule has 1 aromatic carbocycles. The molecule has 30 heavy (non-hydrogen) atoms. The van der Waals surface area contributed by atoms with Gasteiger partial charge in [-0.15, -0.1) is 0 Å². The standard InChI is InChI=1S/C23H25N3O2.C2H6.H2/c1-16-6-3-4-8-19(16)20-9-10-22(21(15-27)25-20)26-13-11-18(14-26)28-23-17(2)7-5-12-24-23;1-2;/h3-10,12,18,27H,11,13-15H2,1-2H3;1-2H3;1H/t18-;;/m0../s1. The van der Waals surface area contributed by atoms with E-state index in [1.54, 1.807) is 6.20 Å². The van der Waals surface area contributed by atoms with Crippen LogP contribution in [0, 0.1) is 13.8 Å². The summed E-state index contributed by atoms with van der Waals surface area (Å²) in [4.78, 5) is 11.3. The van der Waals surface area contributed by atoms with Gasteiger partial charge in [0.25, 0.3) is 0 Å². The van der Waals surface area contributed by atoms with Gasteiger partial charge in [-0.1, -0.05) is 44.2 Å². The predicted molar refractivity (Wildman–Crippen MR) is 124 cm³/mol. The first kappa shape index (κ1) is 21.8. The zero-order valence-corrected chi connectivity index (χ0v) is 18.3. The third-order valence-electron chi connectivity index (χ3n) is 5.25. The summed E-state index contributed by atoms with van der Waals surface area (Å²) in [5.74, 6) is 0.699. The molecule has 1 saturated heterocycles. The first-order chi connectivity index (χ1) is 14.7. The monoisotopic (exact) mass is 407 g/mol.